The fourth-order valence-electron chi connectivity index (χ4n) is 6.64. The average Bonchev–Trinajstić information content (AvgIpc) is 3.22. The van der Waals surface area contributed by atoms with Crippen LogP contribution >= 0.6 is 0 Å². The predicted molar refractivity (Wildman–Crippen MR) is 143 cm³/mol. The van der Waals surface area contributed by atoms with Gasteiger partial charge in [0.1, 0.15) is 5.75 Å². The highest BCUT2D eigenvalue weighted by Gasteiger charge is 2.62. The van der Waals surface area contributed by atoms with Crippen LogP contribution in [0.4, 0.5) is 5.69 Å². The molecule has 1 fully saturated rings. The first-order valence-corrected chi connectivity index (χ1v) is 12.9. The molecule has 0 unspecified atom stereocenters. The van der Waals surface area contributed by atoms with Gasteiger partial charge in [-0.25, -0.2) is 4.90 Å². The summed E-state index contributed by atoms with van der Waals surface area (Å²) in [5.74, 6) is -1.53. The van der Waals surface area contributed by atoms with Gasteiger partial charge in [0.25, 0.3) is 0 Å². The van der Waals surface area contributed by atoms with E-state index >= 15 is 0 Å². The molecule has 8 rings (SSSR count). The number of anilines is 1. The number of carbonyl (C=O) groups excluding carboxylic acids is 3. The van der Waals surface area contributed by atoms with Crippen molar-refractivity contribution in [2.75, 3.05) is 11.5 Å². The SMILES string of the molecule is Cc1ccc(C(=O)COc2ccccc2N2C(=O)[C@H]3C4c5ccccc5C(c5ccccc54)[C@@H]3C2=O)cc1. The first-order valence-electron chi connectivity index (χ1n) is 12.9. The van der Waals surface area contributed by atoms with Gasteiger partial charge >= 0.3 is 0 Å². The Labute approximate surface area is 220 Å². The lowest BCUT2D eigenvalue weighted by molar-refractivity contribution is -0.122. The highest BCUT2D eigenvalue weighted by atomic mass is 16.5. The largest absolute Gasteiger partial charge is 0.483 e. The van der Waals surface area contributed by atoms with Crippen molar-refractivity contribution in [2.24, 2.45) is 11.8 Å². The van der Waals surface area contributed by atoms with Crippen molar-refractivity contribution < 1.29 is 19.1 Å². The fourth-order valence-corrected chi connectivity index (χ4v) is 6.64. The van der Waals surface area contributed by atoms with E-state index in [1.807, 2.05) is 43.3 Å². The van der Waals surface area contributed by atoms with Crippen molar-refractivity contribution >= 4 is 23.3 Å². The van der Waals surface area contributed by atoms with Crippen molar-refractivity contribution in [2.45, 2.75) is 18.8 Å². The van der Waals surface area contributed by atoms with Crippen LogP contribution in [0.3, 0.4) is 0 Å². The summed E-state index contributed by atoms with van der Waals surface area (Å²) in [7, 11) is 0. The number of ether oxygens (including phenoxy) is 1. The summed E-state index contributed by atoms with van der Waals surface area (Å²) >= 11 is 0. The molecule has 1 aliphatic heterocycles. The minimum atomic E-state index is -0.473. The number of hydrogen-bond donors (Lipinski definition) is 0. The first-order chi connectivity index (χ1) is 18.5. The molecule has 5 nitrogen and oxygen atoms in total. The zero-order chi connectivity index (χ0) is 26.0. The van der Waals surface area contributed by atoms with E-state index in [1.165, 1.54) is 4.90 Å². The Balaban J connectivity index is 1.24. The third kappa shape index (κ3) is 3.21. The van der Waals surface area contributed by atoms with E-state index in [1.54, 1.807) is 36.4 Å². The molecule has 3 aliphatic carbocycles. The molecule has 2 atom stereocenters. The Kier molecular flexibility index (Phi) is 5.08. The molecule has 1 saturated heterocycles. The van der Waals surface area contributed by atoms with E-state index in [2.05, 4.69) is 24.3 Å². The molecular formula is C33H25NO4. The topological polar surface area (TPSA) is 63.7 Å². The number of rotatable bonds is 5. The van der Waals surface area contributed by atoms with Crippen LogP contribution in [0.1, 0.15) is 50.0 Å². The zero-order valence-corrected chi connectivity index (χ0v) is 20.8. The number of hydrogen-bond acceptors (Lipinski definition) is 4. The molecule has 5 heteroatoms. The number of ketones is 1. The van der Waals surface area contributed by atoms with Crippen LogP contribution in [0.2, 0.25) is 0 Å². The number of nitrogens with zero attached hydrogens (tertiary/aromatic N) is 1. The van der Waals surface area contributed by atoms with Crippen molar-refractivity contribution in [1.29, 1.82) is 0 Å². The van der Waals surface area contributed by atoms with Gasteiger partial charge in [0.05, 0.1) is 17.5 Å². The molecule has 1 heterocycles. The molecule has 2 bridgehead atoms. The Bertz CT molecular complexity index is 1510. The number of para-hydroxylation sites is 2. The lowest BCUT2D eigenvalue weighted by Crippen LogP contribution is -2.41. The lowest BCUT2D eigenvalue weighted by Gasteiger charge is -2.45. The third-order valence-electron chi connectivity index (χ3n) is 8.29. The molecule has 2 amide bonds. The number of Topliss-reactive ketones (excluding diaryl/α,β-unsaturated/α-hetero) is 1. The summed E-state index contributed by atoms with van der Waals surface area (Å²) in [5, 5.41) is 0. The van der Waals surface area contributed by atoms with Gasteiger partial charge in [-0.15, -0.1) is 0 Å². The monoisotopic (exact) mass is 499 g/mol. The summed E-state index contributed by atoms with van der Waals surface area (Å²) in [6.07, 6.45) is 0. The predicted octanol–water partition coefficient (Wildman–Crippen LogP) is 5.65. The molecule has 4 aromatic carbocycles. The van der Waals surface area contributed by atoms with Gasteiger partial charge < -0.3 is 4.74 Å². The third-order valence-corrected chi connectivity index (χ3v) is 8.29. The minimum absolute atomic E-state index is 0.170. The zero-order valence-electron chi connectivity index (χ0n) is 20.8. The lowest BCUT2D eigenvalue weighted by atomic mass is 9.55. The molecule has 4 aliphatic rings. The maximum absolute atomic E-state index is 14.1. The highest BCUT2D eigenvalue weighted by molar-refractivity contribution is 6.24. The second-order valence-electron chi connectivity index (χ2n) is 10.3. The van der Waals surface area contributed by atoms with Crippen LogP contribution < -0.4 is 9.64 Å². The van der Waals surface area contributed by atoms with E-state index in [9.17, 15) is 14.4 Å². The normalized spacial score (nSPS) is 22.6. The number of amides is 2. The molecule has 38 heavy (non-hydrogen) atoms. The molecule has 0 radical (unpaired) electrons. The summed E-state index contributed by atoms with van der Waals surface area (Å²) in [6, 6.07) is 30.7. The van der Waals surface area contributed by atoms with Gasteiger partial charge in [0, 0.05) is 17.4 Å². The number of imide groups is 1. The highest BCUT2D eigenvalue weighted by Crippen LogP contribution is 2.61. The average molecular weight is 500 g/mol. The summed E-state index contributed by atoms with van der Waals surface area (Å²) < 4.78 is 5.94. The molecule has 0 aromatic heterocycles. The van der Waals surface area contributed by atoms with Crippen molar-refractivity contribution in [3.63, 3.8) is 0 Å². The molecule has 0 N–H and O–H groups in total. The molecule has 0 spiro atoms. The Morgan fingerprint density at radius 3 is 1.68 bits per heavy atom. The van der Waals surface area contributed by atoms with Crippen LogP contribution in [-0.4, -0.2) is 24.2 Å². The van der Waals surface area contributed by atoms with Gasteiger partial charge in [0.2, 0.25) is 11.8 Å². The fraction of sp³-hybridized carbons (Fsp3) is 0.182. The van der Waals surface area contributed by atoms with E-state index in [4.69, 9.17) is 4.74 Å². The van der Waals surface area contributed by atoms with Crippen molar-refractivity contribution in [3.05, 3.63) is 130 Å². The van der Waals surface area contributed by atoms with E-state index in [0.717, 1.165) is 27.8 Å². The van der Waals surface area contributed by atoms with Crippen LogP contribution in [-0.2, 0) is 9.59 Å². The van der Waals surface area contributed by atoms with Gasteiger partial charge in [-0.3, -0.25) is 14.4 Å². The van der Waals surface area contributed by atoms with E-state index in [-0.39, 0.29) is 36.0 Å². The minimum Gasteiger partial charge on any atom is -0.483 e. The number of benzene rings is 4. The standard InChI is InChI=1S/C33H25NO4/c1-19-14-16-20(17-15-19)26(35)18-38-27-13-7-6-12-25(27)34-32(36)30-28-21-8-2-3-9-22(21)29(31(30)33(34)37)24-11-5-4-10-23(24)28/h2-17,28-31H,18H2,1H3/t28?,29?,30-,31-/m0/s1. The quantitative estimate of drug-likeness (QED) is 0.263. The van der Waals surface area contributed by atoms with Crippen LogP contribution in [0, 0.1) is 18.8 Å². The maximum atomic E-state index is 14.1. The van der Waals surface area contributed by atoms with Gasteiger partial charge in [-0.05, 0) is 41.3 Å². The summed E-state index contributed by atoms with van der Waals surface area (Å²) in [5.41, 5.74) is 6.55. The first kappa shape index (κ1) is 22.7. The van der Waals surface area contributed by atoms with Crippen molar-refractivity contribution in [3.8, 4) is 5.75 Å². The van der Waals surface area contributed by atoms with Crippen LogP contribution in [0.15, 0.2) is 97.1 Å². The van der Waals surface area contributed by atoms with E-state index < -0.39 is 11.8 Å². The Morgan fingerprint density at radius 2 is 1.16 bits per heavy atom. The van der Waals surface area contributed by atoms with Crippen molar-refractivity contribution in [1.82, 2.24) is 0 Å². The maximum Gasteiger partial charge on any atom is 0.238 e. The second kappa shape index (κ2) is 8.52. The van der Waals surface area contributed by atoms with Crippen LogP contribution in [0.25, 0.3) is 0 Å². The van der Waals surface area contributed by atoms with Crippen LogP contribution in [0.5, 0.6) is 5.75 Å². The van der Waals surface area contributed by atoms with E-state index in [0.29, 0.717) is 17.0 Å². The molecule has 4 aromatic rings. The number of carbonyl (C=O) groups is 3. The second-order valence-corrected chi connectivity index (χ2v) is 10.3. The summed E-state index contributed by atoms with van der Waals surface area (Å²) in [6.45, 7) is 1.77. The molecule has 186 valence electrons. The Morgan fingerprint density at radius 1 is 0.684 bits per heavy atom. The number of aryl methyl sites for hydroxylation is 1. The van der Waals surface area contributed by atoms with Gasteiger partial charge in [-0.1, -0.05) is 90.5 Å². The van der Waals surface area contributed by atoms with Gasteiger partial charge in [-0.2, -0.15) is 0 Å². The summed E-state index contributed by atoms with van der Waals surface area (Å²) in [4.78, 5) is 42.2. The smallest absolute Gasteiger partial charge is 0.238 e. The molecule has 0 saturated carbocycles. The van der Waals surface area contributed by atoms with Gasteiger partial charge in [0.15, 0.2) is 12.4 Å². The molecular weight excluding hydrogens is 474 g/mol. The Hall–Kier alpha value is -4.51.